The van der Waals surface area contributed by atoms with E-state index in [1.54, 1.807) is 0 Å². The van der Waals surface area contributed by atoms with Crippen LogP contribution in [0.2, 0.25) is 0 Å². The molecule has 1 rings (SSSR count). The van der Waals surface area contributed by atoms with Crippen molar-refractivity contribution in [2.45, 2.75) is 32.1 Å². The Labute approximate surface area is 72.1 Å². The molecule has 0 spiro atoms. The molecule has 0 aliphatic heterocycles. The summed E-state index contributed by atoms with van der Waals surface area (Å²) in [5, 5.41) is 0. The molecule has 3 nitrogen and oxygen atoms in total. The van der Waals surface area contributed by atoms with Crippen LogP contribution in [-0.4, -0.2) is 6.61 Å². The first kappa shape index (κ1) is 10.0. The van der Waals surface area contributed by atoms with Gasteiger partial charge in [-0.15, -0.1) is 4.52 Å². The minimum absolute atomic E-state index is 0.360. The molecule has 0 aromatic rings. The first-order chi connectivity index (χ1) is 5.83. The normalized spacial score (nSPS) is 20.9. The van der Waals surface area contributed by atoms with Crippen LogP contribution in [0.1, 0.15) is 32.1 Å². The Hall–Kier alpha value is -0.0500. The van der Waals surface area contributed by atoms with Crippen LogP contribution < -0.4 is 0 Å². The number of rotatable bonds is 4. The topological polar surface area (TPSA) is 35.5 Å². The fraction of sp³-hybridized carbons (Fsp3) is 1.00. The predicted octanol–water partition coefficient (Wildman–Crippen LogP) is 3.14. The van der Waals surface area contributed by atoms with E-state index in [0.717, 1.165) is 12.8 Å². The molecule has 0 bridgehead atoms. The average molecular weight is 195 g/mol. The van der Waals surface area contributed by atoms with E-state index >= 15 is 0 Å². The standard InChI is InChI=1S/C7H13FO3P/c8-11-12(9)10-6-7-4-2-1-3-5-7/h7H,1-6H2/q+1. The third kappa shape index (κ3) is 3.57. The molecule has 0 aromatic carbocycles. The maximum absolute atomic E-state index is 11.2. The van der Waals surface area contributed by atoms with Gasteiger partial charge in [0.2, 0.25) is 0 Å². The molecule has 0 amide bonds. The number of hydrogen-bond acceptors (Lipinski definition) is 3. The number of hydrogen-bond donors (Lipinski definition) is 0. The lowest BCUT2D eigenvalue weighted by molar-refractivity contribution is -0.0186. The van der Waals surface area contributed by atoms with Gasteiger partial charge in [-0.25, -0.2) is 0 Å². The van der Waals surface area contributed by atoms with Crippen molar-refractivity contribution in [2.75, 3.05) is 6.61 Å². The first-order valence-electron chi connectivity index (χ1n) is 4.22. The first-order valence-corrected chi connectivity index (χ1v) is 5.31. The second-order valence-electron chi connectivity index (χ2n) is 3.09. The summed E-state index contributed by atoms with van der Waals surface area (Å²) < 4.78 is 29.3. The molecule has 5 heteroatoms. The zero-order valence-electron chi connectivity index (χ0n) is 6.87. The molecule has 0 aromatic heterocycles. The third-order valence-electron chi connectivity index (χ3n) is 2.20. The predicted molar refractivity (Wildman–Crippen MR) is 42.3 cm³/mol. The van der Waals surface area contributed by atoms with E-state index in [9.17, 15) is 9.09 Å². The van der Waals surface area contributed by atoms with E-state index in [1.165, 1.54) is 19.3 Å². The summed E-state index contributed by atoms with van der Waals surface area (Å²) in [7, 11) is -2.52. The molecule has 1 fully saturated rings. The Morgan fingerprint density at radius 1 is 1.33 bits per heavy atom. The molecule has 1 aliphatic rings. The van der Waals surface area contributed by atoms with Crippen LogP contribution in [0.5, 0.6) is 0 Å². The van der Waals surface area contributed by atoms with E-state index in [-0.39, 0.29) is 0 Å². The molecule has 0 radical (unpaired) electrons. The summed E-state index contributed by atoms with van der Waals surface area (Å²) >= 11 is 0. The fourth-order valence-corrected chi connectivity index (χ4v) is 1.91. The van der Waals surface area contributed by atoms with E-state index in [0.29, 0.717) is 12.5 Å². The summed E-state index contributed by atoms with van der Waals surface area (Å²) in [4.78, 5) is 0. The van der Waals surface area contributed by atoms with E-state index in [1.807, 2.05) is 0 Å². The van der Waals surface area contributed by atoms with Crippen LogP contribution in [0.15, 0.2) is 0 Å². The highest BCUT2D eigenvalue weighted by Gasteiger charge is 2.24. The molecule has 12 heavy (non-hydrogen) atoms. The van der Waals surface area contributed by atoms with Gasteiger partial charge in [-0.3, -0.25) is 0 Å². The Morgan fingerprint density at radius 2 is 2.00 bits per heavy atom. The maximum atomic E-state index is 11.2. The van der Waals surface area contributed by atoms with Crippen molar-refractivity contribution in [1.29, 1.82) is 0 Å². The van der Waals surface area contributed by atoms with Gasteiger partial charge in [0, 0.05) is 9.09 Å². The SMILES string of the molecule is O=[P+](OF)OCC1CCCCC1. The van der Waals surface area contributed by atoms with Gasteiger partial charge in [0.25, 0.3) is 0 Å². The Bertz CT molecular complexity index is 148. The maximum Gasteiger partial charge on any atom is 0.732 e. The zero-order chi connectivity index (χ0) is 8.81. The molecular formula is C7H13FO3P+. The number of halogens is 1. The van der Waals surface area contributed by atoms with Crippen molar-refractivity contribution >= 4 is 8.25 Å². The van der Waals surface area contributed by atoms with Gasteiger partial charge < -0.3 is 0 Å². The summed E-state index contributed by atoms with van der Waals surface area (Å²) in [6, 6.07) is 0. The zero-order valence-corrected chi connectivity index (χ0v) is 7.76. The minimum atomic E-state index is -2.52. The van der Waals surface area contributed by atoms with Crippen LogP contribution in [0.3, 0.4) is 0 Å². The highest BCUT2D eigenvalue weighted by atomic mass is 31.1. The van der Waals surface area contributed by atoms with E-state index < -0.39 is 8.25 Å². The van der Waals surface area contributed by atoms with Crippen molar-refractivity contribution in [3.8, 4) is 0 Å². The van der Waals surface area contributed by atoms with Gasteiger partial charge in [-0.05, 0) is 18.8 Å². The molecule has 1 atom stereocenters. The van der Waals surface area contributed by atoms with Crippen molar-refractivity contribution in [3.63, 3.8) is 0 Å². The molecule has 70 valence electrons. The van der Waals surface area contributed by atoms with Gasteiger partial charge in [-0.2, -0.15) is 0 Å². The summed E-state index contributed by atoms with van der Waals surface area (Å²) in [5.74, 6) is 0.438. The summed E-state index contributed by atoms with van der Waals surface area (Å²) in [5.41, 5.74) is 0. The highest BCUT2D eigenvalue weighted by molar-refractivity contribution is 7.33. The molecular weight excluding hydrogens is 182 g/mol. The fourth-order valence-electron chi connectivity index (χ4n) is 1.54. The lowest BCUT2D eigenvalue weighted by Crippen LogP contribution is -2.11. The molecule has 0 saturated heterocycles. The van der Waals surface area contributed by atoms with Crippen LogP contribution in [-0.2, 0) is 13.8 Å². The second-order valence-corrected chi connectivity index (χ2v) is 3.94. The highest BCUT2D eigenvalue weighted by Crippen LogP contribution is 2.29. The third-order valence-corrected chi connectivity index (χ3v) is 2.67. The minimum Gasteiger partial charge on any atom is -0.117 e. The Kier molecular flexibility index (Phi) is 4.66. The Morgan fingerprint density at radius 3 is 2.58 bits per heavy atom. The quantitative estimate of drug-likeness (QED) is 0.646. The molecule has 1 aliphatic carbocycles. The van der Waals surface area contributed by atoms with Gasteiger partial charge >= 0.3 is 8.25 Å². The molecule has 0 N–H and O–H groups in total. The van der Waals surface area contributed by atoms with E-state index in [4.69, 9.17) is 0 Å². The largest absolute Gasteiger partial charge is 0.732 e. The van der Waals surface area contributed by atoms with Crippen molar-refractivity contribution in [2.24, 2.45) is 5.92 Å². The van der Waals surface area contributed by atoms with Crippen LogP contribution >= 0.6 is 8.25 Å². The van der Waals surface area contributed by atoms with Gasteiger partial charge in [0.1, 0.15) is 11.3 Å². The lowest BCUT2D eigenvalue weighted by atomic mass is 9.90. The monoisotopic (exact) mass is 195 g/mol. The lowest BCUT2D eigenvalue weighted by Gasteiger charge is -2.18. The Balaban J connectivity index is 2.09. The van der Waals surface area contributed by atoms with Crippen LogP contribution in [0.25, 0.3) is 0 Å². The molecule has 0 heterocycles. The van der Waals surface area contributed by atoms with Crippen molar-refractivity contribution < 1.29 is 18.3 Å². The summed E-state index contributed by atoms with van der Waals surface area (Å²) in [6.45, 7) is 0.360. The van der Waals surface area contributed by atoms with Crippen LogP contribution in [0, 0.1) is 5.92 Å². The van der Waals surface area contributed by atoms with Gasteiger partial charge in [0.05, 0.1) is 0 Å². The van der Waals surface area contributed by atoms with Crippen LogP contribution in [0.4, 0.5) is 4.53 Å². The average Bonchev–Trinajstić information content (AvgIpc) is 2.16. The second kappa shape index (κ2) is 5.57. The molecule has 1 saturated carbocycles. The smallest absolute Gasteiger partial charge is 0.117 e. The van der Waals surface area contributed by atoms with Crippen molar-refractivity contribution in [3.05, 3.63) is 0 Å². The van der Waals surface area contributed by atoms with Gasteiger partial charge in [-0.1, -0.05) is 19.3 Å². The summed E-state index contributed by atoms with van der Waals surface area (Å²) in [6.07, 6.45) is 5.84. The van der Waals surface area contributed by atoms with Crippen molar-refractivity contribution in [1.82, 2.24) is 0 Å². The van der Waals surface area contributed by atoms with E-state index in [2.05, 4.69) is 9.25 Å². The molecule has 1 unspecified atom stereocenters. The van der Waals surface area contributed by atoms with Gasteiger partial charge in [0.15, 0.2) is 0 Å².